The van der Waals surface area contributed by atoms with Gasteiger partial charge in [-0.3, -0.25) is 4.79 Å². The molecule has 92 valence electrons. The zero-order valence-electron chi connectivity index (χ0n) is 9.70. The summed E-state index contributed by atoms with van der Waals surface area (Å²) < 4.78 is 17.9. The molecule has 5 heteroatoms. The highest BCUT2D eigenvalue weighted by atomic mass is 19.1. The van der Waals surface area contributed by atoms with E-state index in [1.54, 1.807) is 32.0 Å². The van der Waals surface area contributed by atoms with Crippen molar-refractivity contribution in [1.29, 1.82) is 0 Å². The van der Waals surface area contributed by atoms with Crippen LogP contribution in [0.3, 0.4) is 0 Å². The predicted molar refractivity (Wildman–Crippen MR) is 59.6 cm³/mol. The number of esters is 1. The number of halogens is 1. The summed E-state index contributed by atoms with van der Waals surface area (Å²) >= 11 is 0. The lowest BCUT2D eigenvalue weighted by Gasteiger charge is -2.14. The molecule has 0 fully saturated rings. The van der Waals surface area contributed by atoms with Crippen LogP contribution in [0.25, 0.3) is 0 Å². The van der Waals surface area contributed by atoms with Crippen molar-refractivity contribution in [2.45, 2.75) is 19.9 Å². The monoisotopic (exact) mass is 239 g/mol. The molecule has 1 aromatic carbocycles. The highest BCUT2D eigenvalue weighted by Gasteiger charge is 2.19. The maximum atomic E-state index is 13.4. The van der Waals surface area contributed by atoms with E-state index in [-0.39, 0.29) is 6.61 Å². The summed E-state index contributed by atoms with van der Waals surface area (Å²) in [6.45, 7) is 3.32. The van der Waals surface area contributed by atoms with Gasteiger partial charge >= 0.3 is 11.9 Å². The first kappa shape index (κ1) is 13.2. The molecule has 0 radical (unpaired) electrons. The maximum Gasteiger partial charge on any atom is 0.396 e. The number of carbonyl (C=O) groups is 2. The van der Waals surface area contributed by atoms with Crippen LogP contribution in [-0.2, 0) is 14.3 Å². The zero-order chi connectivity index (χ0) is 12.8. The molecule has 0 bridgehead atoms. The number of nitrogens with one attached hydrogen (secondary N) is 1. The molecule has 4 nitrogen and oxygen atoms in total. The van der Waals surface area contributed by atoms with Gasteiger partial charge < -0.3 is 10.1 Å². The summed E-state index contributed by atoms with van der Waals surface area (Å²) in [4.78, 5) is 22.4. The van der Waals surface area contributed by atoms with E-state index >= 15 is 0 Å². The minimum Gasteiger partial charge on any atom is -0.459 e. The second-order valence-corrected chi connectivity index (χ2v) is 3.44. The number of carbonyl (C=O) groups excluding carboxylic acids is 2. The second-order valence-electron chi connectivity index (χ2n) is 3.44. The Morgan fingerprint density at radius 3 is 2.65 bits per heavy atom. The van der Waals surface area contributed by atoms with Gasteiger partial charge in [-0.25, -0.2) is 9.18 Å². The van der Waals surface area contributed by atoms with Crippen molar-refractivity contribution < 1.29 is 18.7 Å². The Morgan fingerprint density at radius 2 is 2.06 bits per heavy atom. The lowest BCUT2D eigenvalue weighted by Crippen LogP contribution is -2.34. The molecule has 0 aromatic heterocycles. The molecule has 0 saturated carbocycles. The van der Waals surface area contributed by atoms with E-state index in [2.05, 4.69) is 10.1 Å². The number of amides is 1. The van der Waals surface area contributed by atoms with Crippen LogP contribution in [-0.4, -0.2) is 18.5 Å². The van der Waals surface area contributed by atoms with E-state index in [0.29, 0.717) is 5.56 Å². The van der Waals surface area contributed by atoms with Crippen LogP contribution in [0, 0.1) is 5.82 Å². The summed E-state index contributed by atoms with van der Waals surface area (Å²) in [5, 5.41) is 2.37. The third kappa shape index (κ3) is 3.55. The fraction of sp³-hybridized carbons (Fsp3) is 0.333. The van der Waals surface area contributed by atoms with Crippen molar-refractivity contribution >= 4 is 11.9 Å². The molecule has 0 heterocycles. The highest BCUT2D eigenvalue weighted by Crippen LogP contribution is 2.15. The van der Waals surface area contributed by atoms with Gasteiger partial charge in [-0.2, -0.15) is 0 Å². The zero-order valence-corrected chi connectivity index (χ0v) is 9.70. The lowest BCUT2D eigenvalue weighted by molar-refractivity contribution is -0.154. The molecule has 1 atom stereocenters. The average molecular weight is 239 g/mol. The Morgan fingerprint density at radius 1 is 1.41 bits per heavy atom. The highest BCUT2D eigenvalue weighted by molar-refractivity contribution is 6.32. The summed E-state index contributed by atoms with van der Waals surface area (Å²) in [7, 11) is 0. The molecule has 1 N–H and O–H groups in total. The van der Waals surface area contributed by atoms with Crippen LogP contribution in [0.5, 0.6) is 0 Å². The summed E-state index contributed by atoms with van der Waals surface area (Å²) in [5.41, 5.74) is 0.324. The maximum absolute atomic E-state index is 13.4. The van der Waals surface area contributed by atoms with Crippen molar-refractivity contribution in [2.75, 3.05) is 6.61 Å². The molecule has 1 amide bonds. The van der Waals surface area contributed by atoms with Gasteiger partial charge in [0.15, 0.2) is 0 Å². The SMILES string of the molecule is CCOC(=O)C(=O)NC(C)c1ccccc1F. The Labute approximate surface area is 98.8 Å². The molecule has 1 rings (SSSR count). The molecular weight excluding hydrogens is 225 g/mol. The summed E-state index contributed by atoms with van der Waals surface area (Å²) in [5.74, 6) is -2.26. The van der Waals surface area contributed by atoms with E-state index in [1.165, 1.54) is 6.07 Å². The lowest BCUT2D eigenvalue weighted by atomic mass is 10.1. The van der Waals surface area contributed by atoms with Crippen LogP contribution >= 0.6 is 0 Å². The van der Waals surface area contributed by atoms with E-state index in [9.17, 15) is 14.0 Å². The first-order valence-corrected chi connectivity index (χ1v) is 5.28. The molecule has 0 spiro atoms. The molecule has 1 unspecified atom stereocenters. The number of benzene rings is 1. The van der Waals surface area contributed by atoms with Crippen LogP contribution in [0.1, 0.15) is 25.5 Å². The first-order valence-electron chi connectivity index (χ1n) is 5.28. The fourth-order valence-electron chi connectivity index (χ4n) is 1.36. The molecule has 0 saturated heterocycles. The second kappa shape index (κ2) is 5.98. The number of ether oxygens (including phenoxy) is 1. The third-order valence-electron chi connectivity index (χ3n) is 2.18. The summed E-state index contributed by atoms with van der Waals surface area (Å²) in [6, 6.07) is 5.46. The standard InChI is InChI=1S/C12H14FNO3/c1-3-17-12(16)11(15)14-8(2)9-6-4-5-7-10(9)13/h4-8H,3H2,1-2H3,(H,14,15). The largest absolute Gasteiger partial charge is 0.459 e. The van der Waals surface area contributed by atoms with E-state index in [0.717, 1.165) is 0 Å². The van der Waals surface area contributed by atoms with E-state index in [4.69, 9.17) is 0 Å². The number of rotatable bonds is 3. The Balaban J connectivity index is 2.67. The van der Waals surface area contributed by atoms with Gasteiger partial charge in [0.1, 0.15) is 5.82 Å². The number of hydrogen-bond acceptors (Lipinski definition) is 3. The third-order valence-corrected chi connectivity index (χ3v) is 2.18. The van der Waals surface area contributed by atoms with Crippen molar-refractivity contribution in [3.8, 4) is 0 Å². The van der Waals surface area contributed by atoms with Gasteiger partial charge in [0.05, 0.1) is 12.6 Å². The smallest absolute Gasteiger partial charge is 0.396 e. The van der Waals surface area contributed by atoms with Crippen LogP contribution in [0.4, 0.5) is 4.39 Å². The number of hydrogen-bond donors (Lipinski definition) is 1. The molecule has 0 aliphatic heterocycles. The Kier molecular flexibility index (Phi) is 4.63. The minimum absolute atomic E-state index is 0.125. The summed E-state index contributed by atoms with van der Waals surface area (Å²) in [6.07, 6.45) is 0. The van der Waals surface area contributed by atoms with Crippen molar-refractivity contribution in [2.24, 2.45) is 0 Å². The van der Waals surface area contributed by atoms with Gasteiger partial charge in [-0.05, 0) is 19.9 Å². The van der Waals surface area contributed by atoms with Gasteiger partial charge in [0, 0.05) is 5.56 Å². The van der Waals surface area contributed by atoms with Crippen LogP contribution in [0.2, 0.25) is 0 Å². The van der Waals surface area contributed by atoms with Crippen molar-refractivity contribution in [1.82, 2.24) is 5.32 Å². The normalized spacial score (nSPS) is 11.7. The predicted octanol–water partition coefficient (Wildman–Crippen LogP) is 1.57. The molecule has 0 aliphatic carbocycles. The van der Waals surface area contributed by atoms with Crippen LogP contribution in [0.15, 0.2) is 24.3 Å². The van der Waals surface area contributed by atoms with E-state index in [1.807, 2.05) is 0 Å². The first-order chi connectivity index (χ1) is 8.06. The van der Waals surface area contributed by atoms with Gasteiger partial charge in [0.25, 0.3) is 0 Å². The van der Waals surface area contributed by atoms with Crippen molar-refractivity contribution in [3.63, 3.8) is 0 Å². The quantitative estimate of drug-likeness (QED) is 0.643. The molecule has 17 heavy (non-hydrogen) atoms. The molecule has 1 aromatic rings. The average Bonchev–Trinajstić information content (AvgIpc) is 2.29. The topological polar surface area (TPSA) is 55.4 Å². The fourth-order valence-corrected chi connectivity index (χ4v) is 1.36. The Hall–Kier alpha value is -1.91. The van der Waals surface area contributed by atoms with Crippen LogP contribution < -0.4 is 5.32 Å². The minimum atomic E-state index is -0.962. The van der Waals surface area contributed by atoms with Gasteiger partial charge in [-0.15, -0.1) is 0 Å². The van der Waals surface area contributed by atoms with E-state index < -0.39 is 23.7 Å². The van der Waals surface area contributed by atoms with Gasteiger partial charge in [0.2, 0.25) is 0 Å². The molecular formula is C12H14FNO3. The van der Waals surface area contributed by atoms with Gasteiger partial charge in [-0.1, -0.05) is 18.2 Å². The Bertz CT molecular complexity index is 420. The van der Waals surface area contributed by atoms with Crippen molar-refractivity contribution in [3.05, 3.63) is 35.6 Å². The molecule has 0 aliphatic rings.